The lowest BCUT2D eigenvalue weighted by atomic mass is 10.1. The van der Waals surface area contributed by atoms with Gasteiger partial charge in [0.05, 0.1) is 6.61 Å². The number of rotatable bonds is 6. The third kappa shape index (κ3) is 3.55. The number of nitrogens with one attached hydrogen (secondary N) is 1. The fourth-order valence-electron chi connectivity index (χ4n) is 2.81. The standard InChI is InChI=1S/C20H20N2O3/c1-3-25-16-10-8-15(9-11-16)21-19(23)12-13-22-14(2)17-6-4-5-7-18(17)20(22)24/h4-11H,2-3,12-13H2,1H3,(H,21,23). The maximum atomic E-state index is 12.4. The van der Waals surface area contributed by atoms with Gasteiger partial charge in [-0.3, -0.25) is 9.59 Å². The van der Waals surface area contributed by atoms with E-state index < -0.39 is 0 Å². The van der Waals surface area contributed by atoms with E-state index in [9.17, 15) is 9.59 Å². The van der Waals surface area contributed by atoms with Crippen LogP contribution in [0.4, 0.5) is 5.69 Å². The van der Waals surface area contributed by atoms with Crippen molar-refractivity contribution in [2.45, 2.75) is 13.3 Å². The second kappa shape index (κ2) is 7.21. The maximum Gasteiger partial charge on any atom is 0.258 e. The summed E-state index contributed by atoms with van der Waals surface area (Å²) in [6, 6.07) is 14.5. The van der Waals surface area contributed by atoms with Crippen LogP contribution in [0.1, 0.15) is 29.3 Å². The second-order valence-corrected chi connectivity index (χ2v) is 5.70. The number of hydrogen-bond acceptors (Lipinski definition) is 3. The van der Waals surface area contributed by atoms with Crippen molar-refractivity contribution in [1.29, 1.82) is 0 Å². The zero-order valence-corrected chi connectivity index (χ0v) is 14.1. The summed E-state index contributed by atoms with van der Waals surface area (Å²) in [7, 11) is 0. The molecule has 1 N–H and O–H groups in total. The Morgan fingerprint density at radius 2 is 1.80 bits per heavy atom. The molecule has 2 aromatic carbocycles. The van der Waals surface area contributed by atoms with Gasteiger partial charge in [0.25, 0.3) is 5.91 Å². The van der Waals surface area contributed by atoms with Crippen molar-refractivity contribution < 1.29 is 14.3 Å². The van der Waals surface area contributed by atoms with Gasteiger partial charge in [0.1, 0.15) is 5.75 Å². The highest BCUT2D eigenvalue weighted by atomic mass is 16.5. The summed E-state index contributed by atoms with van der Waals surface area (Å²) in [5.74, 6) is 0.507. The molecule has 2 amide bonds. The molecule has 0 bridgehead atoms. The van der Waals surface area contributed by atoms with Crippen molar-refractivity contribution in [2.24, 2.45) is 0 Å². The number of nitrogens with zero attached hydrogens (tertiary/aromatic N) is 1. The first-order valence-corrected chi connectivity index (χ1v) is 8.23. The predicted molar refractivity (Wildman–Crippen MR) is 97.4 cm³/mol. The van der Waals surface area contributed by atoms with Gasteiger partial charge in [0.15, 0.2) is 0 Å². The van der Waals surface area contributed by atoms with E-state index in [0.29, 0.717) is 30.1 Å². The number of anilines is 1. The molecule has 2 aromatic rings. The Labute approximate surface area is 146 Å². The summed E-state index contributed by atoms with van der Waals surface area (Å²) in [6.45, 7) is 6.79. The van der Waals surface area contributed by atoms with Gasteiger partial charge in [-0.2, -0.15) is 0 Å². The topological polar surface area (TPSA) is 58.6 Å². The molecule has 25 heavy (non-hydrogen) atoms. The van der Waals surface area contributed by atoms with Crippen LogP contribution in [0.25, 0.3) is 5.70 Å². The highest BCUT2D eigenvalue weighted by Gasteiger charge is 2.30. The van der Waals surface area contributed by atoms with Crippen molar-refractivity contribution in [1.82, 2.24) is 4.90 Å². The number of fused-ring (bicyclic) bond motifs is 1. The minimum absolute atomic E-state index is 0.102. The first kappa shape index (κ1) is 16.8. The van der Waals surface area contributed by atoms with E-state index in [4.69, 9.17) is 4.74 Å². The Morgan fingerprint density at radius 3 is 2.44 bits per heavy atom. The van der Waals surface area contributed by atoms with Crippen molar-refractivity contribution in [3.05, 3.63) is 66.2 Å². The number of amides is 2. The third-order valence-electron chi connectivity index (χ3n) is 4.05. The summed E-state index contributed by atoms with van der Waals surface area (Å²) >= 11 is 0. The molecule has 0 saturated carbocycles. The lowest BCUT2D eigenvalue weighted by Gasteiger charge is -2.17. The molecule has 5 nitrogen and oxygen atoms in total. The lowest BCUT2D eigenvalue weighted by Crippen LogP contribution is -2.27. The SMILES string of the molecule is C=C1c2ccccc2C(=O)N1CCC(=O)Nc1ccc(OCC)cc1. The van der Waals surface area contributed by atoms with Gasteiger partial charge in [-0.25, -0.2) is 0 Å². The van der Waals surface area contributed by atoms with Gasteiger partial charge in [-0.05, 0) is 37.3 Å². The molecular formula is C20H20N2O3. The minimum atomic E-state index is -0.152. The number of carbonyl (C=O) groups is 2. The highest BCUT2D eigenvalue weighted by molar-refractivity contribution is 6.09. The van der Waals surface area contributed by atoms with E-state index in [-0.39, 0.29) is 18.2 Å². The number of hydrogen-bond donors (Lipinski definition) is 1. The Bertz CT molecular complexity index is 777. The lowest BCUT2D eigenvalue weighted by molar-refractivity contribution is -0.116. The molecule has 3 rings (SSSR count). The van der Waals surface area contributed by atoms with E-state index in [1.54, 1.807) is 23.1 Å². The molecule has 0 aromatic heterocycles. The number of ether oxygens (including phenoxy) is 1. The highest BCUT2D eigenvalue weighted by Crippen LogP contribution is 2.31. The van der Waals surface area contributed by atoms with Gasteiger partial charge in [0.2, 0.25) is 5.91 Å². The van der Waals surface area contributed by atoms with E-state index in [0.717, 1.165) is 11.3 Å². The summed E-state index contributed by atoms with van der Waals surface area (Å²) in [5.41, 5.74) is 2.82. The molecule has 0 radical (unpaired) electrons. The van der Waals surface area contributed by atoms with Crippen molar-refractivity contribution in [3.8, 4) is 5.75 Å². The van der Waals surface area contributed by atoms with Crippen LogP contribution in [-0.4, -0.2) is 29.9 Å². The fraction of sp³-hybridized carbons (Fsp3) is 0.200. The van der Waals surface area contributed by atoms with Gasteiger partial charge < -0.3 is 15.0 Å². The molecule has 0 spiro atoms. The van der Waals surface area contributed by atoms with Crippen molar-refractivity contribution in [2.75, 3.05) is 18.5 Å². The number of benzene rings is 2. The van der Waals surface area contributed by atoms with Crippen LogP contribution in [0, 0.1) is 0 Å². The fourth-order valence-corrected chi connectivity index (χ4v) is 2.81. The van der Waals surface area contributed by atoms with Gasteiger partial charge in [-0.15, -0.1) is 0 Å². The average Bonchev–Trinajstić information content (AvgIpc) is 2.86. The minimum Gasteiger partial charge on any atom is -0.494 e. The summed E-state index contributed by atoms with van der Waals surface area (Å²) in [4.78, 5) is 26.1. The first-order chi connectivity index (χ1) is 12.1. The zero-order chi connectivity index (χ0) is 17.8. The van der Waals surface area contributed by atoms with Crippen molar-refractivity contribution >= 4 is 23.2 Å². The quantitative estimate of drug-likeness (QED) is 0.878. The van der Waals surface area contributed by atoms with Crippen LogP contribution in [0.15, 0.2) is 55.1 Å². The monoisotopic (exact) mass is 336 g/mol. The Balaban J connectivity index is 1.56. The molecule has 0 saturated heterocycles. The molecule has 5 heteroatoms. The molecule has 1 aliphatic heterocycles. The largest absolute Gasteiger partial charge is 0.494 e. The van der Waals surface area contributed by atoms with Crippen LogP contribution in [-0.2, 0) is 4.79 Å². The van der Waals surface area contributed by atoms with Crippen LogP contribution in [0.5, 0.6) is 5.75 Å². The molecule has 0 fully saturated rings. The maximum absolute atomic E-state index is 12.4. The Morgan fingerprint density at radius 1 is 1.12 bits per heavy atom. The van der Waals surface area contributed by atoms with Gasteiger partial charge in [0, 0.05) is 35.5 Å². The third-order valence-corrected chi connectivity index (χ3v) is 4.05. The average molecular weight is 336 g/mol. The molecule has 1 heterocycles. The first-order valence-electron chi connectivity index (χ1n) is 8.23. The summed E-state index contributed by atoms with van der Waals surface area (Å²) in [6.07, 6.45) is 0.200. The summed E-state index contributed by atoms with van der Waals surface area (Å²) < 4.78 is 5.37. The molecule has 0 unspecified atom stereocenters. The van der Waals surface area contributed by atoms with Crippen LogP contribution < -0.4 is 10.1 Å². The Kier molecular flexibility index (Phi) is 4.84. The van der Waals surface area contributed by atoms with E-state index in [2.05, 4.69) is 11.9 Å². The zero-order valence-electron chi connectivity index (χ0n) is 14.1. The molecular weight excluding hydrogens is 316 g/mol. The van der Waals surface area contributed by atoms with E-state index >= 15 is 0 Å². The Hall–Kier alpha value is -3.08. The van der Waals surface area contributed by atoms with E-state index in [1.807, 2.05) is 37.3 Å². The normalized spacial score (nSPS) is 12.9. The molecule has 0 atom stereocenters. The van der Waals surface area contributed by atoms with Crippen LogP contribution in [0.3, 0.4) is 0 Å². The van der Waals surface area contributed by atoms with Crippen molar-refractivity contribution in [3.63, 3.8) is 0 Å². The van der Waals surface area contributed by atoms with E-state index in [1.165, 1.54) is 0 Å². The smallest absolute Gasteiger partial charge is 0.258 e. The van der Waals surface area contributed by atoms with Gasteiger partial charge >= 0.3 is 0 Å². The van der Waals surface area contributed by atoms with Gasteiger partial charge in [-0.1, -0.05) is 24.8 Å². The molecule has 1 aliphatic rings. The van der Waals surface area contributed by atoms with Crippen LogP contribution in [0.2, 0.25) is 0 Å². The predicted octanol–water partition coefficient (Wildman–Crippen LogP) is 3.54. The van der Waals surface area contributed by atoms with Crippen LogP contribution >= 0.6 is 0 Å². The summed E-state index contributed by atoms with van der Waals surface area (Å²) in [5, 5.41) is 2.82. The number of carbonyl (C=O) groups excluding carboxylic acids is 2. The molecule has 0 aliphatic carbocycles. The second-order valence-electron chi connectivity index (χ2n) is 5.70. The molecule has 128 valence electrons.